The van der Waals surface area contributed by atoms with Crippen LogP contribution in [-0.2, 0) is 17.1 Å². The highest BCUT2D eigenvalue weighted by atomic mass is 32.2. The van der Waals surface area contributed by atoms with Crippen LogP contribution in [0.4, 0.5) is 0 Å². The van der Waals surface area contributed by atoms with Crippen LogP contribution in [0, 0.1) is 22.7 Å². The van der Waals surface area contributed by atoms with E-state index in [1.165, 1.54) is 35.6 Å². The van der Waals surface area contributed by atoms with E-state index in [2.05, 4.69) is 4.99 Å². The van der Waals surface area contributed by atoms with E-state index in [-0.39, 0.29) is 36.4 Å². The van der Waals surface area contributed by atoms with Gasteiger partial charge in [0.2, 0.25) is 10.0 Å². The third-order valence-corrected chi connectivity index (χ3v) is 8.68. The number of hydrogen-bond donors (Lipinski definition) is 0. The summed E-state index contributed by atoms with van der Waals surface area (Å²) >= 11 is 1.42. The molecule has 0 atom stereocenters. The Hall–Kier alpha value is -3.83. The molecule has 1 amide bonds. The van der Waals surface area contributed by atoms with E-state index in [9.17, 15) is 13.2 Å². The van der Waals surface area contributed by atoms with Crippen LogP contribution in [0.1, 0.15) is 23.2 Å². The second kappa shape index (κ2) is 10.2. The van der Waals surface area contributed by atoms with Crippen LogP contribution >= 0.6 is 11.3 Å². The molecule has 0 radical (unpaired) electrons. The fraction of sp³-hybridized carbons (Fsp3) is 0.200. The van der Waals surface area contributed by atoms with Gasteiger partial charge in [0.1, 0.15) is 0 Å². The zero-order valence-electron chi connectivity index (χ0n) is 18.9. The Morgan fingerprint density at radius 1 is 1.00 bits per heavy atom. The predicted molar refractivity (Wildman–Crippen MR) is 134 cm³/mol. The molecule has 176 valence electrons. The average molecular weight is 504 g/mol. The predicted octanol–water partition coefficient (Wildman–Crippen LogP) is 3.95. The van der Waals surface area contributed by atoms with Gasteiger partial charge in [-0.1, -0.05) is 41.7 Å². The van der Waals surface area contributed by atoms with Crippen molar-refractivity contribution in [3.8, 4) is 12.1 Å². The maximum absolute atomic E-state index is 13.0. The number of thiazole rings is 1. The smallest absolute Gasteiger partial charge is 0.279 e. The third-order valence-electron chi connectivity index (χ3n) is 5.58. The van der Waals surface area contributed by atoms with Crippen molar-refractivity contribution in [3.05, 3.63) is 71.0 Å². The summed E-state index contributed by atoms with van der Waals surface area (Å²) in [7, 11) is -2.05. The molecule has 35 heavy (non-hydrogen) atoms. The molecule has 0 aliphatic heterocycles. The van der Waals surface area contributed by atoms with E-state index in [4.69, 9.17) is 10.5 Å². The van der Waals surface area contributed by atoms with Crippen molar-refractivity contribution in [1.29, 1.82) is 10.5 Å². The average Bonchev–Trinajstić information content (AvgIpc) is 3.19. The summed E-state index contributed by atoms with van der Waals surface area (Å²) in [5, 5.41) is 19.9. The molecule has 0 saturated carbocycles. The molecular weight excluding hydrogens is 482 g/mol. The van der Waals surface area contributed by atoms with Gasteiger partial charge in [0.25, 0.3) is 5.91 Å². The number of hydrogen-bond acceptors (Lipinski definition) is 6. The highest BCUT2D eigenvalue weighted by molar-refractivity contribution is 7.89. The number of aromatic nitrogens is 1. The van der Waals surface area contributed by atoms with Crippen LogP contribution in [0.5, 0.6) is 0 Å². The Balaban J connectivity index is 1.65. The molecule has 0 aliphatic carbocycles. The van der Waals surface area contributed by atoms with Crippen LogP contribution in [0.15, 0.2) is 70.6 Å². The van der Waals surface area contributed by atoms with Crippen LogP contribution in [0.25, 0.3) is 21.0 Å². The SMILES string of the molecule is Cn1c(=NC(=O)c2ccc(S(=O)(=O)N(CCC#N)CCC#N)cc2)sc2c3ccccc3ccc21. The zero-order chi connectivity index (χ0) is 25.0. The standard InChI is InChI=1S/C25H21N5O3S2/c1-29-22-13-10-18-6-2-3-7-21(18)23(22)34-25(29)28-24(31)19-8-11-20(12-9-19)35(32,33)30(16-4-14-26)17-5-15-27/h2-3,6-13H,4-5,16-17H2,1H3. The number of carbonyl (C=O) groups excluding carboxylic acids is 1. The van der Waals surface area contributed by atoms with Gasteiger partial charge in [-0.05, 0) is 35.7 Å². The van der Waals surface area contributed by atoms with Crippen molar-refractivity contribution >= 4 is 48.3 Å². The van der Waals surface area contributed by atoms with E-state index >= 15 is 0 Å². The monoisotopic (exact) mass is 503 g/mol. The molecule has 8 nitrogen and oxygen atoms in total. The second-order valence-corrected chi connectivity index (χ2v) is 10.7. The molecule has 0 saturated heterocycles. The molecule has 4 rings (SSSR count). The molecule has 0 N–H and O–H groups in total. The normalized spacial score (nSPS) is 12.2. The summed E-state index contributed by atoms with van der Waals surface area (Å²) in [5.41, 5.74) is 1.23. The molecule has 3 aromatic carbocycles. The lowest BCUT2D eigenvalue weighted by atomic mass is 10.1. The second-order valence-electron chi connectivity index (χ2n) is 7.74. The van der Waals surface area contributed by atoms with Crippen molar-refractivity contribution in [2.45, 2.75) is 17.7 Å². The molecule has 0 unspecified atom stereocenters. The molecule has 1 heterocycles. The van der Waals surface area contributed by atoms with Gasteiger partial charge < -0.3 is 4.57 Å². The van der Waals surface area contributed by atoms with E-state index in [1.54, 1.807) is 0 Å². The van der Waals surface area contributed by atoms with Gasteiger partial charge in [0.05, 0.1) is 27.3 Å². The Morgan fingerprint density at radius 2 is 1.66 bits per heavy atom. The Morgan fingerprint density at radius 3 is 2.31 bits per heavy atom. The summed E-state index contributed by atoms with van der Waals surface area (Å²) in [6.45, 7) is -0.0126. The fourth-order valence-electron chi connectivity index (χ4n) is 3.74. The molecule has 0 spiro atoms. The minimum Gasteiger partial charge on any atom is -0.319 e. The number of nitriles is 2. The lowest BCUT2D eigenvalue weighted by Gasteiger charge is -2.20. The quantitative estimate of drug-likeness (QED) is 0.378. The number of amides is 1. The summed E-state index contributed by atoms with van der Waals surface area (Å²) in [6, 6.07) is 21.5. The van der Waals surface area contributed by atoms with Gasteiger partial charge in [-0.15, -0.1) is 0 Å². The van der Waals surface area contributed by atoms with E-state index in [0.29, 0.717) is 4.80 Å². The van der Waals surface area contributed by atoms with Gasteiger partial charge in [-0.3, -0.25) is 4.79 Å². The third kappa shape index (κ3) is 4.86. The molecule has 1 aromatic heterocycles. The number of aryl methyl sites for hydroxylation is 1. The van der Waals surface area contributed by atoms with Gasteiger partial charge in [-0.2, -0.15) is 19.8 Å². The maximum Gasteiger partial charge on any atom is 0.279 e. The topological polar surface area (TPSA) is 119 Å². The number of sulfonamides is 1. The number of fused-ring (bicyclic) bond motifs is 3. The van der Waals surface area contributed by atoms with Crippen molar-refractivity contribution < 1.29 is 13.2 Å². The highest BCUT2D eigenvalue weighted by Gasteiger charge is 2.24. The van der Waals surface area contributed by atoms with Crippen molar-refractivity contribution in [2.24, 2.45) is 12.0 Å². The van der Waals surface area contributed by atoms with Gasteiger partial charge >= 0.3 is 0 Å². The fourth-order valence-corrected chi connectivity index (χ4v) is 6.33. The molecule has 10 heteroatoms. The number of benzene rings is 3. The zero-order valence-corrected chi connectivity index (χ0v) is 20.5. The van der Waals surface area contributed by atoms with Crippen molar-refractivity contribution in [1.82, 2.24) is 8.87 Å². The van der Waals surface area contributed by atoms with Crippen LogP contribution in [0.2, 0.25) is 0 Å². The van der Waals surface area contributed by atoms with Crippen LogP contribution in [-0.4, -0.2) is 36.3 Å². The first kappa shape index (κ1) is 24.3. The maximum atomic E-state index is 13.0. The molecule has 0 fully saturated rings. The lowest BCUT2D eigenvalue weighted by molar-refractivity contribution is 0.0998. The Labute approximate surface area is 206 Å². The number of nitrogens with zero attached hydrogens (tertiary/aromatic N) is 5. The first-order chi connectivity index (χ1) is 16.9. The van der Waals surface area contributed by atoms with Crippen molar-refractivity contribution in [2.75, 3.05) is 13.1 Å². The van der Waals surface area contributed by atoms with Gasteiger partial charge in [0, 0.05) is 43.9 Å². The lowest BCUT2D eigenvalue weighted by Crippen LogP contribution is -2.32. The minimum absolute atomic E-state index is 0.00630. The van der Waals surface area contributed by atoms with Gasteiger partial charge in [0.15, 0.2) is 4.80 Å². The van der Waals surface area contributed by atoms with Crippen LogP contribution < -0.4 is 4.80 Å². The molecule has 0 bridgehead atoms. The van der Waals surface area contributed by atoms with E-state index < -0.39 is 15.9 Å². The first-order valence-electron chi connectivity index (χ1n) is 10.8. The van der Waals surface area contributed by atoms with Crippen LogP contribution in [0.3, 0.4) is 0 Å². The molecule has 0 aliphatic rings. The first-order valence-corrected chi connectivity index (χ1v) is 13.0. The Bertz CT molecular complexity index is 1650. The molecular formula is C25H21N5O3S2. The number of carbonyl (C=O) groups is 1. The number of rotatable bonds is 7. The summed E-state index contributed by atoms with van der Waals surface area (Å²) in [6.07, 6.45) is 0.0309. The minimum atomic E-state index is -3.90. The summed E-state index contributed by atoms with van der Waals surface area (Å²) in [5.74, 6) is -0.480. The highest BCUT2D eigenvalue weighted by Crippen LogP contribution is 2.27. The van der Waals surface area contributed by atoms with E-state index in [1.807, 2.05) is 60.2 Å². The molecule has 4 aromatic rings. The van der Waals surface area contributed by atoms with Crippen molar-refractivity contribution in [3.63, 3.8) is 0 Å². The summed E-state index contributed by atoms with van der Waals surface area (Å²) in [4.78, 5) is 17.7. The largest absolute Gasteiger partial charge is 0.319 e. The summed E-state index contributed by atoms with van der Waals surface area (Å²) < 4.78 is 29.9. The Kier molecular flexibility index (Phi) is 7.08. The van der Waals surface area contributed by atoms with E-state index in [0.717, 1.165) is 25.3 Å². The van der Waals surface area contributed by atoms with Gasteiger partial charge in [-0.25, -0.2) is 8.42 Å².